The summed E-state index contributed by atoms with van der Waals surface area (Å²) in [6, 6.07) is 9.41. The van der Waals surface area contributed by atoms with Crippen LogP contribution in [0.15, 0.2) is 24.3 Å². The maximum absolute atomic E-state index is 5.49. The molecule has 3 heteroatoms. The minimum Gasteiger partial charge on any atom is -0.381 e. The smallest absolute Gasteiger partial charge is 0.0468 e. The lowest BCUT2D eigenvalue weighted by Gasteiger charge is -2.28. The standard InChI is InChI=1S/C18H30N2O/c1-4-10-19-18(13-15-8-11-21-12-9-15)16-6-5-7-17(14-16)20(2)3/h5-7,14-15,18-19H,4,8-13H2,1-3H3. The molecule has 21 heavy (non-hydrogen) atoms. The Hall–Kier alpha value is -1.06. The monoisotopic (exact) mass is 290 g/mol. The van der Waals surface area contributed by atoms with Crippen LogP contribution in [-0.2, 0) is 4.74 Å². The highest BCUT2D eigenvalue weighted by Gasteiger charge is 2.20. The molecule has 0 spiro atoms. The lowest BCUT2D eigenvalue weighted by atomic mass is 9.89. The van der Waals surface area contributed by atoms with E-state index in [4.69, 9.17) is 4.74 Å². The molecule has 1 aliphatic heterocycles. The number of ether oxygens (including phenoxy) is 1. The Morgan fingerprint density at radius 3 is 2.71 bits per heavy atom. The molecule has 118 valence electrons. The number of nitrogens with zero attached hydrogens (tertiary/aromatic N) is 1. The van der Waals surface area contributed by atoms with E-state index in [1.807, 2.05) is 0 Å². The molecular formula is C18H30N2O. The number of hydrogen-bond acceptors (Lipinski definition) is 3. The van der Waals surface area contributed by atoms with Crippen molar-refractivity contribution < 1.29 is 4.74 Å². The molecule has 0 bridgehead atoms. The van der Waals surface area contributed by atoms with E-state index in [0.717, 1.165) is 25.7 Å². The van der Waals surface area contributed by atoms with Gasteiger partial charge < -0.3 is 15.0 Å². The second-order valence-corrected chi connectivity index (χ2v) is 6.29. The number of hydrogen-bond donors (Lipinski definition) is 1. The van der Waals surface area contributed by atoms with Crippen molar-refractivity contribution in [1.29, 1.82) is 0 Å². The van der Waals surface area contributed by atoms with Crippen molar-refractivity contribution in [3.63, 3.8) is 0 Å². The minimum absolute atomic E-state index is 0.466. The van der Waals surface area contributed by atoms with Crippen molar-refractivity contribution in [2.24, 2.45) is 5.92 Å². The number of benzene rings is 1. The second-order valence-electron chi connectivity index (χ2n) is 6.29. The molecule has 1 fully saturated rings. The molecule has 1 atom stereocenters. The fourth-order valence-corrected chi connectivity index (χ4v) is 2.99. The number of rotatable bonds is 7. The predicted octanol–water partition coefficient (Wildman–Crippen LogP) is 3.61. The SMILES string of the molecule is CCCNC(CC1CCOCC1)c1cccc(N(C)C)c1. The van der Waals surface area contributed by atoms with E-state index in [2.05, 4.69) is 55.5 Å². The van der Waals surface area contributed by atoms with Gasteiger partial charge in [-0.15, -0.1) is 0 Å². The lowest BCUT2D eigenvalue weighted by Crippen LogP contribution is -2.27. The first-order valence-electron chi connectivity index (χ1n) is 8.29. The van der Waals surface area contributed by atoms with Crippen LogP contribution in [0.3, 0.4) is 0 Å². The van der Waals surface area contributed by atoms with Crippen molar-refractivity contribution in [2.75, 3.05) is 38.8 Å². The van der Waals surface area contributed by atoms with Crippen molar-refractivity contribution in [3.05, 3.63) is 29.8 Å². The van der Waals surface area contributed by atoms with Crippen LogP contribution < -0.4 is 10.2 Å². The zero-order valence-electron chi connectivity index (χ0n) is 13.8. The van der Waals surface area contributed by atoms with Gasteiger partial charge in [-0.2, -0.15) is 0 Å². The molecule has 0 radical (unpaired) electrons. The summed E-state index contributed by atoms with van der Waals surface area (Å²) in [5.74, 6) is 0.788. The highest BCUT2D eigenvalue weighted by molar-refractivity contribution is 5.47. The Bertz CT molecular complexity index is 413. The summed E-state index contributed by atoms with van der Waals surface area (Å²) in [5.41, 5.74) is 2.70. The van der Waals surface area contributed by atoms with Gasteiger partial charge in [0.25, 0.3) is 0 Å². The summed E-state index contributed by atoms with van der Waals surface area (Å²) in [6.07, 6.45) is 4.81. The van der Waals surface area contributed by atoms with Gasteiger partial charge in [0.1, 0.15) is 0 Å². The molecule has 2 rings (SSSR count). The van der Waals surface area contributed by atoms with Crippen LogP contribution in [0.1, 0.15) is 44.2 Å². The maximum Gasteiger partial charge on any atom is 0.0468 e. The molecule has 1 unspecified atom stereocenters. The third-order valence-corrected chi connectivity index (χ3v) is 4.34. The predicted molar refractivity (Wildman–Crippen MR) is 90.0 cm³/mol. The van der Waals surface area contributed by atoms with Gasteiger partial charge >= 0.3 is 0 Å². The summed E-state index contributed by atoms with van der Waals surface area (Å²) < 4.78 is 5.49. The molecule has 3 nitrogen and oxygen atoms in total. The molecule has 1 saturated heterocycles. The molecule has 0 aromatic heterocycles. The molecule has 1 aromatic rings. The molecule has 1 aliphatic rings. The zero-order valence-corrected chi connectivity index (χ0v) is 13.8. The van der Waals surface area contributed by atoms with Crippen LogP contribution in [0.4, 0.5) is 5.69 Å². The maximum atomic E-state index is 5.49. The zero-order chi connectivity index (χ0) is 15.1. The van der Waals surface area contributed by atoms with Crippen LogP contribution in [0.2, 0.25) is 0 Å². The fraction of sp³-hybridized carbons (Fsp3) is 0.667. The highest BCUT2D eigenvalue weighted by Crippen LogP contribution is 2.29. The van der Waals surface area contributed by atoms with Gasteiger partial charge in [-0.25, -0.2) is 0 Å². The van der Waals surface area contributed by atoms with Crippen LogP contribution in [0, 0.1) is 5.92 Å². The summed E-state index contributed by atoms with van der Waals surface area (Å²) in [7, 11) is 4.21. The van der Waals surface area contributed by atoms with Crippen LogP contribution in [0.5, 0.6) is 0 Å². The van der Waals surface area contributed by atoms with Gasteiger partial charge in [0.2, 0.25) is 0 Å². The van der Waals surface area contributed by atoms with E-state index in [9.17, 15) is 0 Å². The van der Waals surface area contributed by atoms with Crippen LogP contribution in [0.25, 0.3) is 0 Å². The van der Waals surface area contributed by atoms with E-state index in [1.54, 1.807) is 0 Å². The normalized spacial score (nSPS) is 17.7. The van der Waals surface area contributed by atoms with Gasteiger partial charge in [0.05, 0.1) is 0 Å². The lowest BCUT2D eigenvalue weighted by molar-refractivity contribution is 0.0605. The molecule has 0 amide bonds. The fourth-order valence-electron chi connectivity index (χ4n) is 2.99. The van der Waals surface area contributed by atoms with E-state index >= 15 is 0 Å². The Labute approximate surface area is 129 Å². The molecule has 1 heterocycles. The first kappa shape index (κ1) is 16.3. The molecule has 0 saturated carbocycles. The summed E-state index contributed by atoms with van der Waals surface area (Å²) in [6.45, 7) is 5.18. The topological polar surface area (TPSA) is 24.5 Å². The van der Waals surface area contributed by atoms with Crippen LogP contribution in [-0.4, -0.2) is 33.9 Å². The van der Waals surface area contributed by atoms with Crippen LogP contribution >= 0.6 is 0 Å². The molecule has 1 aromatic carbocycles. The summed E-state index contributed by atoms with van der Waals surface area (Å²) >= 11 is 0. The second kappa shape index (κ2) is 8.40. The number of nitrogens with one attached hydrogen (secondary N) is 1. The van der Waals surface area contributed by atoms with Crippen molar-refractivity contribution >= 4 is 5.69 Å². The minimum atomic E-state index is 0.466. The average Bonchev–Trinajstić information content (AvgIpc) is 2.52. The molecular weight excluding hydrogens is 260 g/mol. The summed E-state index contributed by atoms with van der Waals surface area (Å²) in [4.78, 5) is 2.18. The van der Waals surface area contributed by atoms with Gasteiger partial charge in [0, 0.05) is 39.0 Å². The largest absolute Gasteiger partial charge is 0.381 e. The Morgan fingerprint density at radius 2 is 2.05 bits per heavy atom. The van der Waals surface area contributed by atoms with Gasteiger partial charge in [0.15, 0.2) is 0 Å². The molecule has 1 N–H and O–H groups in total. The first-order chi connectivity index (χ1) is 10.2. The molecule has 0 aliphatic carbocycles. The average molecular weight is 290 g/mol. The Kier molecular flexibility index (Phi) is 6.52. The highest BCUT2D eigenvalue weighted by atomic mass is 16.5. The van der Waals surface area contributed by atoms with E-state index in [-0.39, 0.29) is 0 Å². The van der Waals surface area contributed by atoms with Crippen molar-refractivity contribution in [3.8, 4) is 0 Å². The van der Waals surface area contributed by atoms with Crippen molar-refractivity contribution in [2.45, 2.75) is 38.6 Å². The van der Waals surface area contributed by atoms with E-state index < -0.39 is 0 Å². The van der Waals surface area contributed by atoms with Gasteiger partial charge in [-0.3, -0.25) is 0 Å². The third-order valence-electron chi connectivity index (χ3n) is 4.34. The quantitative estimate of drug-likeness (QED) is 0.830. The summed E-state index contributed by atoms with van der Waals surface area (Å²) in [5, 5.41) is 3.74. The first-order valence-corrected chi connectivity index (χ1v) is 8.29. The van der Waals surface area contributed by atoms with E-state index in [0.29, 0.717) is 6.04 Å². The Balaban J connectivity index is 2.08. The number of anilines is 1. The Morgan fingerprint density at radius 1 is 1.29 bits per heavy atom. The van der Waals surface area contributed by atoms with Gasteiger partial charge in [-0.05, 0) is 55.8 Å². The van der Waals surface area contributed by atoms with Crippen molar-refractivity contribution in [1.82, 2.24) is 5.32 Å². The van der Waals surface area contributed by atoms with E-state index in [1.165, 1.54) is 36.9 Å². The van der Waals surface area contributed by atoms with Gasteiger partial charge in [-0.1, -0.05) is 19.1 Å². The third kappa shape index (κ3) is 5.01.